The minimum atomic E-state index is -3.59. The summed E-state index contributed by atoms with van der Waals surface area (Å²) < 4.78 is 34.2. The molecule has 1 aromatic heterocycles. The minimum absolute atomic E-state index is 0.0627. The van der Waals surface area contributed by atoms with Crippen molar-refractivity contribution in [1.82, 2.24) is 19.2 Å². The van der Waals surface area contributed by atoms with Gasteiger partial charge in [-0.2, -0.15) is 4.31 Å². The second-order valence-corrected chi connectivity index (χ2v) is 8.51. The van der Waals surface area contributed by atoms with Crippen LogP contribution < -0.4 is 5.32 Å². The Bertz CT molecular complexity index is 807. The van der Waals surface area contributed by atoms with E-state index in [1.165, 1.54) is 6.33 Å². The molecule has 2 heterocycles. The molecule has 0 saturated carbocycles. The van der Waals surface area contributed by atoms with Gasteiger partial charge in [-0.1, -0.05) is 30.3 Å². The standard InChI is InChI=1S/C18H26N4O3S/c1-21-13-18(20-14-21)26(23,24)22-11-16(15-7-4-3-5-8-15)17(12-22)19-9-6-10-25-2/h3-5,7-8,13-14,16-17,19H,6,9-12H2,1-2H3. The molecule has 1 aromatic carbocycles. The molecule has 0 bridgehead atoms. The van der Waals surface area contributed by atoms with Gasteiger partial charge < -0.3 is 14.6 Å². The Hall–Kier alpha value is -1.74. The molecular weight excluding hydrogens is 352 g/mol. The third kappa shape index (κ3) is 4.15. The highest BCUT2D eigenvalue weighted by molar-refractivity contribution is 7.89. The Morgan fingerprint density at radius 2 is 2.04 bits per heavy atom. The number of aryl methyl sites for hydroxylation is 1. The summed E-state index contributed by atoms with van der Waals surface area (Å²) in [5.41, 5.74) is 1.15. The molecule has 8 heteroatoms. The van der Waals surface area contributed by atoms with Crippen molar-refractivity contribution in [3.63, 3.8) is 0 Å². The second kappa shape index (κ2) is 8.30. The van der Waals surface area contributed by atoms with Gasteiger partial charge in [0, 0.05) is 52.0 Å². The van der Waals surface area contributed by atoms with Gasteiger partial charge in [0.05, 0.1) is 6.33 Å². The van der Waals surface area contributed by atoms with Gasteiger partial charge in [-0.15, -0.1) is 0 Å². The van der Waals surface area contributed by atoms with Gasteiger partial charge in [0.1, 0.15) is 0 Å². The number of benzene rings is 1. The molecule has 1 N–H and O–H groups in total. The molecule has 3 rings (SSSR count). The molecule has 0 amide bonds. The first-order valence-corrected chi connectivity index (χ1v) is 10.2. The maximum Gasteiger partial charge on any atom is 0.262 e. The van der Waals surface area contributed by atoms with Crippen LogP contribution in [0.4, 0.5) is 0 Å². The number of hydrogen-bond donors (Lipinski definition) is 1. The van der Waals surface area contributed by atoms with Crippen LogP contribution in [0.5, 0.6) is 0 Å². The molecule has 1 fully saturated rings. The zero-order chi connectivity index (χ0) is 18.6. The minimum Gasteiger partial charge on any atom is -0.385 e. The number of hydrogen-bond acceptors (Lipinski definition) is 5. The summed E-state index contributed by atoms with van der Waals surface area (Å²) >= 11 is 0. The fourth-order valence-electron chi connectivity index (χ4n) is 3.37. The summed E-state index contributed by atoms with van der Waals surface area (Å²) in [6, 6.07) is 10.1. The summed E-state index contributed by atoms with van der Waals surface area (Å²) in [5, 5.41) is 3.62. The van der Waals surface area contributed by atoms with Crippen molar-refractivity contribution in [3.05, 3.63) is 48.4 Å². The van der Waals surface area contributed by atoms with Gasteiger partial charge in [0.25, 0.3) is 10.0 Å². The van der Waals surface area contributed by atoms with E-state index in [4.69, 9.17) is 4.74 Å². The number of ether oxygens (including phenoxy) is 1. The molecule has 2 aromatic rings. The molecule has 1 aliphatic rings. The van der Waals surface area contributed by atoms with Gasteiger partial charge >= 0.3 is 0 Å². The van der Waals surface area contributed by atoms with Crippen LogP contribution in [-0.4, -0.2) is 61.7 Å². The Morgan fingerprint density at radius 1 is 1.27 bits per heavy atom. The van der Waals surface area contributed by atoms with E-state index in [9.17, 15) is 8.42 Å². The summed E-state index contributed by atoms with van der Waals surface area (Å²) in [5.74, 6) is 0.109. The van der Waals surface area contributed by atoms with Crippen molar-refractivity contribution in [3.8, 4) is 0 Å². The molecule has 2 unspecified atom stereocenters. The summed E-state index contributed by atoms with van der Waals surface area (Å²) in [4.78, 5) is 4.04. The van der Waals surface area contributed by atoms with Gasteiger partial charge in [-0.25, -0.2) is 13.4 Å². The average Bonchev–Trinajstić information content (AvgIpc) is 3.27. The van der Waals surface area contributed by atoms with Crippen LogP contribution in [0.15, 0.2) is 47.9 Å². The fourth-order valence-corrected chi connectivity index (χ4v) is 4.83. The SMILES string of the molecule is COCCCNC1CN(S(=O)(=O)c2cn(C)cn2)CC1c1ccccc1. The first-order valence-electron chi connectivity index (χ1n) is 8.77. The van der Waals surface area contributed by atoms with Crippen LogP contribution in [0.25, 0.3) is 0 Å². The van der Waals surface area contributed by atoms with E-state index in [2.05, 4.69) is 22.4 Å². The number of sulfonamides is 1. The third-order valence-electron chi connectivity index (χ3n) is 4.73. The predicted molar refractivity (Wildman–Crippen MR) is 99.4 cm³/mol. The summed E-state index contributed by atoms with van der Waals surface area (Å²) in [6.07, 6.45) is 3.95. The maximum absolute atomic E-state index is 12.9. The number of imidazole rings is 1. The Morgan fingerprint density at radius 3 is 2.69 bits per heavy atom. The smallest absolute Gasteiger partial charge is 0.262 e. The lowest BCUT2D eigenvalue weighted by molar-refractivity contribution is 0.193. The zero-order valence-corrected chi connectivity index (χ0v) is 16.0. The molecule has 0 spiro atoms. The molecule has 0 radical (unpaired) electrons. The number of methoxy groups -OCH3 is 1. The van der Waals surface area contributed by atoms with Gasteiger partial charge in [-0.3, -0.25) is 0 Å². The van der Waals surface area contributed by atoms with Gasteiger partial charge in [0.15, 0.2) is 5.03 Å². The van der Waals surface area contributed by atoms with Crippen LogP contribution in [0.1, 0.15) is 17.9 Å². The zero-order valence-electron chi connectivity index (χ0n) is 15.2. The molecule has 0 aliphatic carbocycles. The van der Waals surface area contributed by atoms with Crippen LogP contribution >= 0.6 is 0 Å². The normalized spacial score (nSPS) is 21.3. The second-order valence-electron chi connectivity index (χ2n) is 6.62. The lowest BCUT2D eigenvalue weighted by Gasteiger charge is -2.20. The average molecular weight is 378 g/mol. The Balaban J connectivity index is 1.79. The quantitative estimate of drug-likeness (QED) is 0.699. The van der Waals surface area contributed by atoms with Crippen LogP contribution in [0, 0.1) is 0 Å². The van der Waals surface area contributed by atoms with Crippen molar-refractivity contribution >= 4 is 10.0 Å². The Labute approximate surface area is 155 Å². The fraction of sp³-hybridized carbons (Fsp3) is 0.500. The van der Waals surface area contributed by atoms with E-state index in [-0.39, 0.29) is 17.0 Å². The molecule has 1 aliphatic heterocycles. The number of nitrogens with one attached hydrogen (secondary N) is 1. The predicted octanol–water partition coefficient (Wildman–Crippen LogP) is 1.20. The van der Waals surface area contributed by atoms with Crippen molar-refractivity contribution in [2.45, 2.75) is 23.4 Å². The van der Waals surface area contributed by atoms with E-state index < -0.39 is 10.0 Å². The molecule has 1 saturated heterocycles. The highest BCUT2D eigenvalue weighted by atomic mass is 32.2. The number of aromatic nitrogens is 2. The van der Waals surface area contributed by atoms with Crippen LogP contribution in [0.2, 0.25) is 0 Å². The first-order chi connectivity index (χ1) is 12.5. The van der Waals surface area contributed by atoms with Gasteiger partial charge in [0.2, 0.25) is 0 Å². The largest absolute Gasteiger partial charge is 0.385 e. The molecule has 2 atom stereocenters. The maximum atomic E-state index is 12.9. The van der Waals surface area contributed by atoms with E-state index in [1.54, 1.807) is 29.2 Å². The van der Waals surface area contributed by atoms with Gasteiger partial charge in [-0.05, 0) is 18.5 Å². The summed E-state index contributed by atoms with van der Waals surface area (Å²) in [7, 11) is -0.139. The first kappa shape index (κ1) is 19.0. The van der Waals surface area contributed by atoms with Crippen molar-refractivity contribution in [1.29, 1.82) is 0 Å². The summed E-state index contributed by atoms with van der Waals surface area (Å²) in [6.45, 7) is 2.36. The number of nitrogens with zero attached hydrogens (tertiary/aromatic N) is 3. The van der Waals surface area contributed by atoms with E-state index in [0.717, 1.165) is 18.5 Å². The highest BCUT2D eigenvalue weighted by Gasteiger charge is 2.40. The highest BCUT2D eigenvalue weighted by Crippen LogP contribution is 2.31. The molecule has 142 valence electrons. The third-order valence-corrected chi connectivity index (χ3v) is 6.45. The lowest BCUT2D eigenvalue weighted by Crippen LogP contribution is -2.37. The van der Waals surface area contributed by atoms with Crippen molar-refractivity contribution in [2.24, 2.45) is 7.05 Å². The lowest BCUT2D eigenvalue weighted by atomic mass is 9.94. The van der Waals surface area contributed by atoms with Crippen molar-refractivity contribution in [2.75, 3.05) is 33.4 Å². The van der Waals surface area contributed by atoms with Crippen LogP contribution in [0.3, 0.4) is 0 Å². The van der Waals surface area contributed by atoms with E-state index in [1.807, 2.05) is 18.2 Å². The van der Waals surface area contributed by atoms with E-state index >= 15 is 0 Å². The molecule has 26 heavy (non-hydrogen) atoms. The Kier molecular flexibility index (Phi) is 6.08. The van der Waals surface area contributed by atoms with Crippen molar-refractivity contribution < 1.29 is 13.2 Å². The number of rotatable bonds is 8. The van der Waals surface area contributed by atoms with Crippen LogP contribution in [-0.2, 0) is 21.8 Å². The molecule has 7 nitrogen and oxygen atoms in total. The van der Waals surface area contributed by atoms with E-state index in [0.29, 0.717) is 19.7 Å². The molecular formula is C18H26N4O3S. The monoisotopic (exact) mass is 378 g/mol. The topological polar surface area (TPSA) is 76.5 Å².